The Bertz CT molecular complexity index is 1460. The number of imidazole rings is 1. The van der Waals surface area contributed by atoms with Crippen molar-refractivity contribution in [3.05, 3.63) is 78.3 Å². The van der Waals surface area contributed by atoms with E-state index in [-0.39, 0.29) is 35.9 Å². The van der Waals surface area contributed by atoms with Gasteiger partial charge in [-0.2, -0.15) is 18.3 Å². The third kappa shape index (κ3) is 4.47. The summed E-state index contributed by atoms with van der Waals surface area (Å²) >= 11 is 0. The van der Waals surface area contributed by atoms with Crippen LogP contribution in [-0.4, -0.2) is 33.0 Å². The number of ketones is 1. The number of hydrogen-bond donors (Lipinski definition) is 1. The van der Waals surface area contributed by atoms with E-state index in [1.807, 2.05) is 6.07 Å². The quantitative estimate of drug-likeness (QED) is 0.413. The molecule has 1 unspecified atom stereocenters. The van der Waals surface area contributed by atoms with Crippen LogP contribution >= 0.6 is 0 Å². The lowest BCUT2D eigenvalue weighted by Crippen LogP contribution is -2.33. The molecule has 36 heavy (non-hydrogen) atoms. The molecule has 0 saturated carbocycles. The average Bonchev–Trinajstić information content (AvgIpc) is 3.58. The van der Waals surface area contributed by atoms with Crippen LogP contribution in [0.3, 0.4) is 0 Å². The van der Waals surface area contributed by atoms with E-state index in [1.165, 1.54) is 24.3 Å². The first kappa shape index (κ1) is 23.3. The van der Waals surface area contributed by atoms with Gasteiger partial charge in [-0.05, 0) is 49.4 Å². The second-order valence-corrected chi connectivity index (χ2v) is 8.31. The molecule has 1 amide bonds. The van der Waals surface area contributed by atoms with Gasteiger partial charge in [0.25, 0.3) is 5.91 Å². The highest BCUT2D eigenvalue weighted by Gasteiger charge is 2.35. The Balaban J connectivity index is 1.49. The molecule has 2 aromatic carbocycles. The summed E-state index contributed by atoms with van der Waals surface area (Å²) in [6.07, 6.45) is -2.99. The third-order valence-corrected chi connectivity index (χ3v) is 5.86. The molecule has 5 rings (SSSR count). The van der Waals surface area contributed by atoms with Crippen LogP contribution < -0.4 is 10.3 Å². The minimum Gasteiger partial charge on any atom is -0.467 e. The van der Waals surface area contributed by atoms with Crippen LogP contribution in [0.15, 0.2) is 76.4 Å². The number of hydrazone groups is 1. The number of Topliss-reactive ketones (excluding diaryl/α,β-unsaturated/α-hetero) is 1. The van der Waals surface area contributed by atoms with E-state index in [0.717, 1.165) is 12.1 Å². The van der Waals surface area contributed by atoms with Gasteiger partial charge in [-0.3, -0.25) is 19.9 Å². The van der Waals surface area contributed by atoms with Crippen molar-refractivity contribution in [2.45, 2.75) is 32.1 Å². The number of fused-ring (bicyclic) bond motifs is 1. The smallest absolute Gasteiger partial charge is 0.416 e. The number of nitrogens with one attached hydrogen (secondary N) is 1. The molecule has 0 aliphatic carbocycles. The van der Waals surface area contributed by atoms with Gasteiger partial charge in [-0.1, -0.05) is 18.2 Å². The predicted octanol–water partition coefficient (Wildman–Crippen LogP) is 4.86. The van der Waals surface area contributed by atoms with E-state index in [1.54, 1.807) is 41.0 Å². The molecule has 1 aliphatic rings. The molecule has 1 aliphatic heterocycles. The molecule has 0 spiro atoms. The number of aromatic nitrogens is 2. The van der Waals surface area contributed by atoms with Crippen molar-refractivity contribution in [3.63, 3.8) is 0 Å². The minimum absolute atomic E-state index is 0.0333. The number of amides is 1. The number of furan rings is 1. The van der Waals surface area contributed by atoms with Crippen molar-refractivity contribution in [3.8, 4) is 0 Å². The maximum absolute atomic E-state index is 13.3. The summed E-state index contributed by atoms with van der Waals surface area (Å²) < 4.78 is 46.7. The zero-order valence-electron chi connectivity index (χ0n) is 19.0. The second kappa shape index (κ2) is 8.99. The van der Waals surface area contributed by atoms with E-state index in [9.17, 15) is 22.8 Å². The Labute approximate surface area is 203 Å². The molecule has 2 aromatic heterocycles. The summed E-state index contributed by atoms with van der Waals surface area (Å²) in [4.78, 5) is 29.7. The first-order valence-electron chi connectivity index (χ1n) is 11.0. The minimum atomic E-state index is -4.54. The molecule has 3 heterocycles. The molecule has 0 saturated heterocycles. The van der Waals surface area contributed by atoms with E-state index < -0.39 is 23.7 Å². The third-order valence-electron chi connectivity index (χ3n) is 5.86. The maximum atomic E-state index is 13.3. The number of anilines is 2. The molecule has 0 radical (unpaired) electrons. The summed E-state index contributed by atoms with van der Waals surface area (Å²) in [5.74, 6) is -0.206. The molecular weight excluding hydrogens is 475 g/mol. The van der Waals surface area contributed by atoms with Crippen molar-refractivity contribution in [2.75, 3.05) is 10.3 Å². The first-order valence-corrected chi connectivity index (χ1v) is 11.0. The topological polar surface area (TPSA) is 92.7 Å². The Morgan fingerprint density at radius 1 is 1.11 bits per heavy atom. The first-order chi connectivity index (χ1) is 17.2. The number of nitrogens with zero attached hydrogens (tertiary/aromatic N) is 4. The number of benzene rings is 2. The number of rotatable bonds is 6. The zero-order chi connectivity index (χ0) is 25.4. The number of alkyl halides is 3. The molecule has 4 aromatic rings. The van der Waals surface area contributed by atoms with E-state index in [0.29, 0.717) is 17.0 Å². The van der Waals surface area contributed by atoms with Crippen LogP contribution in [0.4, 0.5) is 24.8 Å². The number of halogens is 3. The van der Waals surface area contributed by atoms with Crippen LogP contribution in [0.2, 0.25) is 0 Å². The fraction of sp³-hybridized carbons (Fsp3) is 0.200. The van der Waals surface area contributed by atoms with Gasteiger partial charge in [-0.15, -0.1) is 0 Å². The zero-order valence-corrected chi connectivity index (χ0v) is 19.0. The summed E-state index contributed by atoms with van der Waals surface area (Å²) in [6, 6.07) is 14.9. The SMILES string of the molecule is CC(=O)C1CC(C(=O)Nc2nc3cc(C(F)(F)F)ccc3n2Cc2ccco2)=NN1c1ccccc1. The van der Waals surface area contributed by atoms with Crippen LogP contribution in [0.1, 0.15) is 24.7 Å². The van der Waals surface area contributed by atoms with Crippen LogP contribution in [0, 0.1) is 0 Å². The molecule has 184 valence electrons. The number of hydrogen-bond acceptors (Lipinski definition) is 6. The molecule has 8 nitrogen and oxygen atoms in total. The number of carbonyl (C=O) groups is 2. The fourth-order valence-electron chi connectivity index (χ4n) is 4.08. The molecule has 11 heteroatoms. The van der Waals surface area contributed by atoms with Crippen LogP contribution in [-0.2, 0) is 22.3 Å². The number of carbonyl (C=O) groups excluding carboxylic acids is 2. The lowest BCUT2D eigenvalue weighted by molar-refractivity contribution is -0.137. The number of para-hydroxylation sites is 1. The monoisotopic (exact) mass is 495 g/mol. The van der Waals surface area contributed by atoms with Gasteiger partial charge in [0, 0.05) is 6.42 Å². The fourth-order valence-corrected chi connectivity index (χ4v) is 4.08. The highest BCUT2D eigenvalue weighted by molar-refractivity contribution is 6.44. The standard InChI is InChI=1S/C25H20F3N5O3/c1-15(34)22-13-20(31-33(22)17-6-3-2-4-7-17)23(35)30-24-29-19-12-16(25(26,27)28)9-10-21(19)32(24)14-18-8-5-11-36-18/h2-12,22H,13-14H2,1H3,(H,29,30,35). The Kier molecular flexibility index (Phi) is 5.83. The predicted molar refractivity (Wildman–Crippen MR) is 127 cm³/mol. The van der Waals surface area contributed by atoms with Gasteiger partial charge >= 0.3 is 6.18 Å². The van der Waals surface area contributed by atoms with Gasteiger partial charge in [0.05, 0.1) is 35.1 Å². The molecular formula is C25H20F3N5O3. The summed E-state index contributed by atoms with van der Waals surface area (Å²) in [6.45, 7) is 1.56. The largest absolute Gasteiger partial charge is 0.467 e. The lowest BCUT2D eigenvalue weighted by atomic mass is 10.1. The normalized spacial score (nSPS) is 15.8. The average molecular weight is 495 g/mol. The Hall–Kier alpha value is -4.41. The Morgan fingerprint density at radius 3 is 2.56 bits per heavy atom. The van der Waals surface area contributed by atoms with Gasteiger partial charge in [0.15, 0.2) is 5.78 Å². The Morgan fingerprint density at radius 2 is 1.89 bits per heavy atom. The van der Waals surface area contributed by atoms with Gasteiger partial charge in [-0.25, -0.2) is 4.98 Å². The van der Waals surface area contributed by atoms with Crippen molar-refractivity contribution in [1.82, 2.24) is 9.55 Å². The van der Waals surface area contributed by atoms with Crippen molar-refractivity contribution in [1.29, 1.82) is 0 Å². The van der Waals surface area contributed by atoms with Gasteiger partial charge in [0.1, 0.15) is 17.5 Å². The van der Waals surface area contributed by atoms with E-state index in [2.05, 4.69) is 15.4 Å². The van der Waals surface area contributed by atoms with E-state index in [4.69, 9.17) is 4.42 Å². The molecule has 0 fully saturated rings. The van der Waals surface area contributed by atoms with E-state index >= 15 is 0 Å². The van der Waals surface area contributed by atoms with Gasteiger partial charge < -0.3 is 8.98 Å². The summed E-state index contributed by atoms with van der Waals surface area (Å²) in [5, 5.41) is 8.54. The summed E-state index contributed by atoms with van der Waals surface area (Å²) in [5.41, 5.74) is 0.360. The second-order valence-electron chi connectivity index (χ2n) is 8.31. The molecule has 0 bridgehead atoms. The van der Waals surface area contributed by atoms with Crippen molar-refractivity contribution in [2.24, 2.45) is 5.10 Å². The van der Waals surface area contributed by atoms with Crippen LogP contribution in [0.25, 0.3) is 11.0 Å². The van der Waals surface area contributed by atoms with Crippen molar-refractivity contribution < 1.29 is 27.2 Å². The van der Waals surface area contributed by atoms with Crippen molar-refractivity contribution >= 4 is 40.1 Å². The maximum Gasteiger partial charge on any atom is 0.416 e. The summed E-state index contributed by atoms with van der Waals surface area (Å²) in [7, 11) is 0. The van der Waals surface area contributed by atoms with Gasteiger partial charge in [0.2, 0.25) is 5.95 Å². The van der Waals surface area contributed by atoms with Crippen LogP contribution in [0.5, 0.6) is 0 Å². The molecule has 1 atom stereocenters. The lowest BCUT2D eigenvalue weighted by Gasteiger charge is -2.20. The highest BCUT2D eigenvalue weighted by atomic mass is 19.4. The molecule has 1 N–H and O–H groups in total. The highest BCUT2D eigenvalue weighted by Crippen LogP contribution is 2.33.